The maximum absolute atomic E-state index is 13.1. The summed E-state index contributed by atoms with van der Waals surface area (Å²) in [5.74, 6) is -1.49. The molecule has 1 fully saturated rings. The van der Waals surface area contributed by atoms with E-state index in [4.69, 9.17) is 0 Å². The summed E-state index contributed by atoms with van der Waals surface area (Å²) < 4.78 is 29.3. The number of carbonyl (C=O) groups excluding carboxylic acids is 1. The second-order valence-electron chi connectivity index (χ2n) is 8.26. The van der Waals surface area contributed by atoms with Crippen LogP contribution < -0.4 is 15.6 Å². The van der Waals surface area contributed by atoms with E-state index in [1.54, 1.807) is 28.8 Å². The number of aryl methyl sites for hydroxylation is 1. The Morgan fingerprint density at radius 3 is 2.26 bits per heavy atom. The maximum Gasteiger partial charge on any atom is 0.341 e. The van der Waals surface area contributed by atoms with E-state index in [1.165, 1.54) is 29.6 Å². The van der Waals surface area contributed by atoms with Crippen LogP contribution in [-0.2, 0) is 21.4 Å². The standard InChI is InChI=1S/C24H26N4O6S/c1-3-26-15-21(24(31)32)23(30)20-9-6-18(14-22(20)26)27-10-12-28(13-11-27)35(33,34)19-7-4-17(5-8-19)25-16(2)29/h4-9,14-15H,3,10-13H2,1-2H3,(H,25,29)(H,31,32). The lowest BCUT2D eigenvalue weighted by Gasteiger charge is -2.35. The third kappa shape index (κ3) is 4.77. The number of pyridine rings is 1. The number of hydrogen-bond donors (Lipinski definition) is 2. The van der Waals surface area contributed by atoms with Gasteiger partial charge < -0.3 is 19.9 Å². The van der Waals surface area contributed by atoms with Gasteiger partial charge >= 0.3 is 5.97 Å². The summed E-state index contributed by atoms with van der Waals surface area (Å²) in [7, 11) is -3.68. The number of piperazine rings is 1. The van der Waals surface area contributed by atoms with Gasteiger partial charge in [-0.05, 0) is 49.4 Å². The molecule has 35 heavy (non-hydrogen) atoms. The van der Waals surface area contributed by atoms with Gasteiger partial charge in [0, 0.05) is 62.6 Å². The van der Waals surface area contributed by atoms with Gasteiger partial charge in [-0.3, -0.25) is 9.59 Å². The van der Waals surface area contributed by atoms with Crippen LogP contribution in [0.1, 0.15) is 24.2 Å². The first-order valence-electron chi connectivity index (χ1n) is 11.1. The van der Waals surface area contributed by atoms with Crippen LogP contribution in [0.4, 0.5) is 11.4 Å². The molecule has 2 aromatic carbocycles. The molecule has 4 rings (SSSR count). The molecule has 0 spiro atoms. The third-order valence-electron chi connectivity index (χ3n) is 6.05. The van der Waals surface area contributed by atoms with Crippen molar-refractivity contribution in [3.8, 4) is 0 Å². The van der Waals surface area contributed by atoms with Crippen LogP contribution in [-0.4, -0.2) is 60.5 Å². The number of aromatic carboxylic acids is 1. The zero-order chi connectivity index (χ0) is 25.3. The number of nitrogens with one attached hydrogen (secondary N) is 1. The molecule has 0 saturated carbocycles. The van der Waals surface area contributed by atoms with Crippen molar-refractivity contribution in [1.82, 2.24) is 8.87 Å². The molecule has 1 aromatic heterocycles. The van der Waals surface area contributed by atoms with E-state index < -0.39 is 21.4 Å². The first-order chi connectivity index (χ1) is 16.6. The lowest BCUT2D eigenvalue weighted by atomic mass is 10.1. The number of nitrogens with zero attached hydrogens (tertiary/aromatic N) is 3. The molecule has 0 aliphatic carbocycles. The number of aromatic nitrogens is 1. The Morgan fingerprint density at radius 1 is 1.03 bits per heavy atom. The molecule has 0 bridgehead atoms. The molecule has 0 radical (unpaired) electrons. The van der Waals surface area contributed by atoms with Gasteiger partial charge in [-0.25, -0.2) is 13.2 Å². The number of hydrogen-bond acceptors (Lipinski definition) is 6. The van der Waals surface area contributed by atoms with Crippen LogP contribution in [0, 0.1) is 0 Å². The minimum Gasteiger partial charge on any atom is -0.477 e. The summed E-state index contributed by atoms with van der Waals surface area (Å²) in [6, 6.07) is 11.3. The molecular formula is C24H26N4O6S. The molecule has 1 aliphatic rings. The number of sulfonamides is 1. The first-order valence-corrected chi connectivity index (χ1v) is 12.6. The van der Waals surface area contributed by atoms with E-state index in [2.05, 4.69) is 5.32 Å². The number of carboxylic acid groups (broad SMARTS) is 1. The quantitative estimate of drug-likeness (QED) is 0.533. The molecule has 2 heterocycles. The minimum absolute atomic E-state index is 0.159. The minimum atomic E-state index is -3.68. The zero-order valence-electron chi connectivity index (χ0n) is 19.4. The fourth-order valence-electron chi connectivity index (χ4n) is 4.24. The number of carbonyl (C=O) groups is 2. The number of fused-ring (bicyclic) bond motifs is 1. The van der Waals surface area contributed by atoms with Crippen LogP contribution in [0.25, 0.3) is 10.9 Å². The molecule has 1 aliphatic heterocycles. The van der Waals surface area contributed by atoms with Gasteiger partial charge in [-0.2, -0.15) is 4.31 Å². The predicted octanol–water partition coefficient (Wildman–Crippen LogP) is 2.19. The lowest BCUT2D eigenvalue weighted by Crippen LogP contribution is -2.48. The van der Waals surface area contributed by atoms with E-state index in [0.29, 0.717) is 36.2 Å². The largest absolute Gasteiger partial charge is 0.477 e. The topological polar surface area (TPSA) is 129 Å². The molecule has 0 unspecified atom stereocenters. The lowest BCUT2D eigenvalue weighted by molar-refractivity contribution is -0.114. The number of rotatable bonds is 6. The van der Waals surface area contributed by atoms with Crippen molar-refractivity contribution >= 4 is 44.2 Å². The van der Waals surface area contributed by atoms with Crippen molar-refractivity contribution in [3.63, 3.8) is 0 Å². The number of carboxylic acids is 1. The summed E-state index contributed by atoms with van der Waals surface area (Å²) in [4.78, 5) is 37.4. The van der Waals surface area contributed by atoms with E-state index in [1.807, 2.05) is 17.9 Å². The Labute approximate surface area is 202 Å². The number of amides is 1. The molecular weight excluding hydrogens is 472 g/mol. The summed E-state index contributed by atoms with van der Waals surface area (Å²) in [5, 5.41) is 12.3. The van der Waals surface area contributed by atoms with Crippen molar-refractivity contribution in [3.05, 3.63) is 64.4 Å². The van der Waals surface area contributed by atoms with Gasteiger partial charge in [0.25, 0.3) is 0 Å². The van der Waals surface area contributed by atoms with E-state index in [-0.39, 0.29) is 29.5 Å². The summed E-state index contributed by atoms with van der Waals surface area (Å²) >= 11 is 0. The molecule has 184 valence electrons. The highest BCUT2D eigenvalue weighted by molar-refractivity contribution is 7.89. The summed E-state index contributed by atoms with van der Waals surface area (Å²) in [6.45, 7) is 5.23. The summed E-state index contributed by atoms with van der Waals surface area (Å²) in [6.07, 6.45) is 1.36. The van der Waals surface area contributed by atoms with Gasteiger partial charge in [0.2, 0.25) is 21.4 Å². The van der Waals surface area contributed by atoms with Gasteiger partial charge in [-0.15, -0.1) is 0 Å². The van der Waals surface area contributed by atoms with Crippen LogP contribution >= 0.6 is 0 Å². The van der Waals surface area contributed by atoms with Crippen molar-refractivity contribution in [2.75, 3.05) is 36.4 Å². The van der Waals surface area contributed by atoms with Crippen molar-refractivity contribution in [2.45, 2.75) is 25.3 Å². The number of benzene rings is 2. The molecule has 3 aromatic rings. The molecule has 1 saturated heterocycles. The predicted molar refractivity (Wildman–Crippen MR) is 133 cm³/mol. The Hall–Kier alpha value is -3.70. The van der Waals surface area contributed by atoms with Gasteiger partial charge in [0.15, 0.2) is 0 Å². The fraction of sp³-hybridized carbons (Fsp3) is 0.292. The van der Waals surface area contributed by atoms with E-state index >= 15 is 0 Å². The average Bonchev–Trinajstić information content (AvgIpc) is 2.84. The Balaban J connectivity index is 1.53. The summed E-state index contributed by atoms with van der Waals surface area (Å²) in [5.41, 5.74) is 1.20. The highest BCUT2D eigenvalue weighted by Gasteiger charge is 2.29. The van der Waals surface area contributed by atoms with E-state index in [9.17, 15) is 27.9 Å². The number of anilines is 2. The molecule has 11 heteroatoms. The normalized spacial score (nSPS) is 14.7. The van der Waals surface area contributed by atoms with E-state index in [0.717, 1.165) is 5.69 Å². The van der Waals surface area contributed by atoms with Crippen LogP contribution in [0.3, 0.4) is 0 Å². The third-order valence-corrected chi connectivity index (χ3v) is 7.97. The molecule has 1 amide bonds. The van der Waals surface area contributed by atoms with Crippen LogP contribution in [0.2, 0.25) is 0 Å². The van der Waals surface area contributed by atoms with Crippen molar-refractivity contribution in [2.24, 2.45) is 0 Å². The average molecular weight is 499 g/mol. The molecule has 0 atom stereocenters. The van der Waals surface area contributed by atoms with Crippen LogP contribution in [0.15, 0.2) is 58.4 Å². The van der Waals surface area contributed by atoms with Crippen molar-refractivity contribution in [1.29, 1.82) is 0 Å². The van der Waals surface area contributed by atoms with Gasteiger partial charge in [-0.1, -0.05) is 0 Å². The maximum atomic E-state index is 13.1. The second-order valence-corrected chi connectivity index (χ2v) is 10.2. The van der Waals surface area contributed by atoms with Crippen molar-refractivity contribution < 1.29 is 23.1 Å². The van der Waals surface area contributed by atoms with Crippen LogP contribution in [0.5, 0.6) is 0 Å². The molecule has 2 N–H and O–H groups in total. The zero-order valence-corrected chi connectivity index (χ0v) is 20.2. The second kappa shape index (κ2) is 9.51. The Kier molecular flexibility index (Phi) is 6.64. The highest BCUT2D eigenvalue weighted by Crippen LogP contribution is 2.25. The Morgan fingerprint density at radius 2 is 1.69 bits per heavy atom. The molecule has 10 nitrogen and oxygen atoms in total. The Bertz CT molecular complexity index is 1460. The monoisotopic (exact) mass is 498 g/mol. The fourth-order valence-corrected chi connectivity index (χ4v) is 5.66. The van der Waals surface area contributed by atoms with Gasteiger partial charge in [0.1, 0.15) is 5.56 Å². The smallest absolute Gasteiger partial charge is 0.341 e. The van der Waals surface area contributed by atoms with Gasteiger partial charge in [0.05, 0.1) is 10.4 Å². The SMILES string of the molecule is CCn1cc(C(=O)O)c(=O)c2ccc(N3CCN(S(=O)(=O)c4ccc(NC(C)=O)cc4)CC3)cc21. The highest BCUT2D eigenvalue weighted by atomic mass is 32.2. The first kappa shape index (κ1) is 24.4.